The highest BCUT2D eigenvalue weighted by molar-refractivity contribution is 5.18. The van der Waals surface area contributed by atoms with Gasteiger partial charge in [0, 0.05) is 0 Å². The Labute approximate surface area is 86.5 Å². The van der Waals surface area contributed by atoms with Gasteiger partial charge in [0.1, 0.15) is 0 Å². The third-order valence-electron chi connectivity index (χ3n) is 4.45. The average Bonchev–Trinajstić information content (AvgIpc) is 2.28. The van der Waals surface area contributed by atoms with E-state index in [9.17, 15) is 0 Å². The minimum Gasteiger partial charge on any atom is -0.368 e. The molecule has 1 saturated carbocycles. The fourth-order valence-electron chi connectivity index (χ4n) is 4.15. The summed E-state index contributed by atoms with van der Waals surface area (Å²) in [5, 5.41) is 0. The number of fused-ring (bicyclic) bond motifs is 1. The quantitative estimate of drug-likeness (QED) is 0.534. The van der Waals surface area contributed by atoms with Crippen molar-refractivity contribution in [1.29, 1.82) is 0 Å². The van der Waals surface area contributed by atoms with E-state index in [0.717, 1.165) is 18.8 Å². The van der Waals surface area contributed by atoms with Gasteiger partial charge in [-0.2, -0.15) is 0 Å². The van der Waals surface area contributed by atoms with Crippen LogP contribution in [0.2, 0.25) is 0 Å². The lowest BCUT2D eigenvalue weighted by Crippen LogP contribution is -2.43. The summed E-state index contributed by atoms with van der Waals surface area (Å²) in [6.45, 7) is 6.50. The largest absolute Gasteiger partial charge is 0.368 e. The molecule has 3 rings (SSSR count). The Bertz CT molecular complexity index is 283. The van der Waals surface area contributed by atoms with Crippen LogP contribution in [0.5, 0.6) is 0 Å². The highest BCUT2D eigenvalue weighted by atomic mass is 16.5. The van der Waals surface area contributed by atoms with Gasteiger partial charge in [-0.25, -0.2) is 0 Å². The Morgan fingerprint density at radius 1 is 1.36 bits per heavy atom. The Morgan fingerprint density at radius 2 is 2.21 bits per heavy atom. The molecular weight excluding hydrogens is 172 g/mol. The molecule has 1 heteroatoms. The highest BCUT2D eigenvalue weighted by Gasteiger charge is 2.57. The lowest BCUT2D eigenvalue weighted by Gasteiger charge is -2.43. The molecule has 78 valence electrons. The summed E-state index contributed by atoms with van der Waals surface area (Å²) in [6, 6.07) is 0. The predicted octanol–water partition coefficient (Wildman–Crippen LogP) is 3.44. The van der Waals surface area contributed by atoms with E-state index >= 15 is 0 Å². The molecule has 2 saturated heterocycles. The van der Waals surface area contributed by atoms with Gasteiger partial charge >= 0.3 is 0 Å². The average molecular weight is 192 g/mol. The molecule has 3 fully saturated rings. The molecule has 2 heterocycles. The molecule has 0 unspecified atom stereocenters. The minimum atomic E-state index is 0.143. The van der Waals surface area contributed by atoms with Gasteiger partial charge in [0.25, 0.3) is 0 Å². The Hall–Kier alpha value is -0.300. The van der Waals surface area contributed by atoms with Crippen molar-refractivity contribution in [3.63, 3.8) is 0 Å². The summed E-state index contributed by atoms with van der Waals surface area (Å²) in [7, 11) is 0. The van der Waals surface area contributed by atoms with E-state index < -0.39 is 0 Å². The van der Waals surface area contributed by atoms with Gasteiger partial charge in [-0.05, 0) is 44.9 Å². The Morgan fingerprint density at radius 3 is 3.07 bits per heavy atom. The van der Waals surface area contributed by atoms with E-state index in [1.165, 1.54) is 37.7 Å². The van der Waals surface area contributed by atoms with Crippen LogP contribution in [-0.2, 0) is 4.74 Å². The fraction of sp³-hybridized carbons (Fsp3) is 0.846. The Kier molecular flexibility index (Phi) is 1.69. The smallest absolute Gasteiger partial charge is 0.0756 e. The molecule has 0 aromatic carbocycles. The molecule has 0 N–H and O–H groups in total. The minimum absolute atomic E-state index is 0.143. The van der Waals surface area contributed by atoms with Crippen LogP contribution in [0.3, 0.4) is 0 Å². The van der Waals surface area contributed by atoms with E-state index in [0.29, 0.717) is 0 Å². The van der Waals surface area contributed by atoms with Crippen molar-refractivity contribution in [3.8, 4) is 0 Å². The van der Waals surface area contributed by atoms with Gasteiger partial charge in [0.2, 0.25) is 0 Å². The van der Waals surface area contributed by atoms with Gasteiger partial charge in [-0.1, -0.05) is 25.0 Å². The molecule has 0 amide bonds. The molecule has 0 aromatic heterocycles. The van der Waals surface area contributed by atoms with Crippen molar-refractivity contribution in [1.82, 2.24) is 0 Å². The van der Waals surface area contributed by atoms with E-state index in [4.69, 9.17) is 4.74 Å². The van der Waals surface area contributed by atoms with Crippen LogP contribution in [0.1, 0.15) is 51.9 Å². The molecule has 3 atom stereocenters. The zero-order chi connectivity index (χ0) is 9.81. The zero-order valence-electron chi connectivity index (χ0n) is 9.14. The van der Waals surface area contributed by atoms with Crippen molar-refractivity contribution in [2.75, 3.05) is 0 Å². The third-order valence-corrected chi connectivity index (χ3v) is 4.45. The molecule has 14 heavy (non-hydrogen) atoms. The number of ether oxygens (including phenoxy) is 1. The first kappa shape index (κ1) is 8.96. The maximum absolute atomic E-state index is 6.39. The van der Waals surface area contributed by atoms with Gasteiger partial charge in [0.05, 0.1) is 11.2 Å². The molecule has 1 spiro atoms. The van der Waals surface area contributed by atoms with E-state index in [1.807, 2.05) is 0 Å². The second kappa shape index (κ2) is 2.63. The standard InChI is InChI=1S/C13H20O/c1-10-7-12(2)9-11-5-3-4-6-13(11,8-10)14-12/h11H,1,3-9H2,2H3/t11-,12-,13+/m0/s1. The van der Waals surface area contributed by atoms with Crippen molar-refractivity contribution < 1.29 is 4.74 Å². The van der Waals surface area contributed by atoms with Gasteiger partial charge in [-0.15, -0.1) is 0 Å². The van der Waals surface area contributed by atoms with Crippen molar-refractivity contribution in [2.24, 2.45) is 5.92 Å². The summed E-state index contributed by atoms with van der Waals surface area (Å²) in [4.78, 5) is 0. The third kappa shape index (κ3) is 1.11. The summed E-state index contributed by atoms with van der Waals surface area (Å²) in [5.41, 5.74) is 1.80. The topological polar surface area (TPSA) is 9.23 Å². The second-order valence-corrected chi connectivity index (χ2v) is 5.87. The summed E-state index contributed by atoms with van der Waals surface area (Å²) >= 11 is 0. The predicted molar refractivity (Wildman–Crippen MR) is 57.2 cm³/mol. The zero-order valence-corrected chi connectivity index (χ0v) is 9.14. The SMILES string of the molecule is C=C1C[C@@]2(C)C[C@@H]3CCCC[C@]3(C1)O2. The van der Waals surface area contributed by atoms with Crippen molar-refractivity contribution in [3.05, 3.63) is 12.2 Å². The Balaban J connectivity index is 1.97. The lowest BCUT2D eigenvalue weighted by molar-refractivity contribution is -0.134. The van der Waals surface area contributed by atoms with E-state index in [1.54, 1.807) is 0 Å². The molecular formula is C13H20O. The van der Waals surface area contributed by atoms with Crippen LogP contribution in [0.25, 0.3) is 0 Å². The van der Waals surface area contributed by atoms with Crippen LogP contribution in [-0.4, -0.2) is 11.2 Å². The van der Waals surface area contributed by atoms with Crippen LogP contribution >= 0.6 is 0 Å². The van der Waals surface area contributed by atoms with Crippen LogP contribution < -0.4 is 0 Å². The summed E-state index contributed by atoms with van der Waals surface area (Å²) in [5.74, 6) is 0.834. The maximum atomic E-state index is 6.39. The van der Waals surface area contributed by atoms with Gasteiger partial charge in [0.15, 0.2) is 0 Å². The molecule has 2 bridgehead atoms. The molecule has 0 radical (unpaired) electrons. The normalized spacial score (nSPS) is 51.8. The number of rotatable bonds is 0. The molecule has 1 nitrogen and oxygen atoms in total. The molecule has 0 aromatic rings. The fourth-order valence-corrected chi connectivity index (χ4v) is 4.15. The summed E-state index contributed by atoms with van der Waals surface area (Å²) in [6.07, 6.45) is 8.98. The van der Waals surface area contributed by atoms with E-state index in [-0.39, 0.29) is 11.2 Å². The number of hydrogen-bond acceptors (Lipinski definition) is 1. The van der Waals surface area contributed by atoms with E-state index in [2.05, 4.69) is 13.5 Å². The molecule has 3 aliphatic rings. The number of hydrogen-bond donors (Lipinski definition) is 0. The van der Waals surface area contributed by atoms with Crippen LogP contribution in [0.4, 0.5) is 0 Å². The lowest BCUT2D eigenvalue weighted by atomic mass is 9.73. The first-order valence-corrected chi connectivity index (χ1v) is 5.99. The summed E-state index contributed by atoms with van der Waals surface area (Å²) < 4.78 is 6.39. The first-order valence-electron chi connectivity index (χ1n) is 5.99. The first-order chi connectivity index (χ1) is 6.62. The maximum Gasteiger partial charge on any atom is 0.0756 e. The molecule has 2 aliphatic heterocycles. The van der Waals surface area contributed by atoms with Crippen molar-refractivity contribution >= 4 is 0 Å². The van der Waals surface area contributed by atoms with Crippen LogP contribution in [0.15, 0.2) is 12.2 Å². The van der Waals surface area contributed by atoms with Gasteiger partial charge < -0.3 is 4.74 Å². The monoisotopic (exact) mass is 192 g/mol. The molecule has 1 aliphatic carbocycles. The van der Waals surface area contributed by atoms with Crippen molar-refractivity contribution in [2.45, 2.75) is 63.1 Å². The second-order valence-electron chi connectivity index (χ2n) is 5.87. The van der Waals surface area contributed by atoms with Crippen LogP contribution in [0, 0.1) is 5.92 Å². The van der Waals surface area contributed by atoms with Gasteiger partial charge in [-0.3, -0.25) is 0 Å². The highest BCUT2D eigenvalue weighted by Crippen LogP contribution is 2.57.